The highest BCUT2D eigenvalue weighted by Crippen LogP contribution is 2.60. The van der Waals surface area contributed by atoms with E-state index in [0.29, 0.717) is 35.6 Å². The Labute approximate surface area is 229 Å². The van der Waals surface area contributed by atoms with Gasteiger partial charge in [0.05, 0.1) is 14.2 Å². The van der Waals surface area contributed by atoms with E-state index in [1.807, 2.05) is 0 Å². The number of methoxy groups -OCH3 is 2. The van der Waals surface area contributed by atoms with Crippen molar-refractivity contribution < 1.29 is 28.7 Å². The molecule has 0 aliphatic heterocycles. The van der Waals surface area contributed by atoms with E-state index in [9.17, 15) is 19.2 Å². The summed E-state index contributed by atoms with van der Waals surface area (Å²) in [5.41, 5.74) is 0.687. The smallest absolute Gasteiger partial charge is 0.333 e. The van der Waals surface area contributed by atoms with Crippen LogP contribution in [0.4, 0.5) is 0 Å². The number of ketones is 2. The van der Waals surface area contributed by atoms with Gasteiger partial charge in [0, 0.05) is 34.8 Å². The SMILES string of the molecule is C=C(C(=O)OC)[C@@H]1CC[C@@]2(C)CCC[C@@]2(C)C(=O)C1.C=C(C(=O)OC)[C@@H]1CC[C@@]2(C)CCC[C@@]2(C)C(=O)C1. The van der Waals surface area contributed by atoms with Crippen molar-refractivity contribution in [2.75, 3.05) is 14.2 Å². The molecule has 0 radical (unpaired) electrons. The van der Waals surface area contributed by atoms with Crippen LogP contribution in [0.25, 0.3) is 0 Å². The summed E-state index contributed by atoms with van der Waals surface area (Å²) in [5.74, 6) is -0.223. The molecule has 0 aromatic rings. The fraction of sp³-hybridized carbons (Fsp3) is 0.750. The van der Waals surface area contributed by atoms with Crippen molar-refractivity contribution in [2.24, 2.45) is 33.5 Å². The topological polar surface area (TPSA) is 86.7 Å². The minimum Gasteiger partial charge on any atom is -0.466 e. The first-order valence-corrected chi connectivity index (χ1v) is 14.3. The normalized spacial score (nSPS) is 38.5. The summed E-state index contributed by atoms with van der Waals surface area (Å²) in [7, 11) is 2.73. The summed E-state index contributed by atoms with van der Waals surface area (Å²) >= 11 is 0. The second kappa shape index (κ2) is 11.1. The van der Waals surface area contributed by atoms with Crippen molar-refractivity contribution in [1.82, 2.24) is 0 Å². The summed E-state index contributed by atoms with van der Waals surface area (Å²) in [5, 5.41) is 0. The predicted molar refractivity (Wildman–Crippen MR) is 147 cm³/mol. The maximum absolute atomic E-state index is 12.7. The first kappa shape index (κ1) is 30.3. The summed E-state index contributed by atoms with van der Waals surface area (Å²) in [6, 6.07) is 0. The number of esters is 2. The molecule has 0 bridgehead atoms. The molecule has 0 aromatic carbocycles. The molecule has 6 nitrogen and oxygen atoms in total. The maximum Gasteiger partial charge on any atom is 0.333 e. The number of carbonyl (C=O) groups is 4. The number of fused-ring (bicyclic) bond motifs is 2. The Kier molecular flexibility index (Phi) is 8.85. The minimum atomic E-state index is -0.375. The lowest BCUT2D eigenvalue weighted by Gasteiger charge is -2.38. The first-order chi connectivity index (χ1) is 17.7. The highest BCUT2D eigenvalue weighted by Gasteiger charge is 2.55. The summed E-state index contributed by atoms with van der Waals surface area (Å²) in [4.78, 5) is 48.5. The van der Waals surface area contributed by atoms with E-state index in [1.165, 1.54) is 14.2 Å². The molecule has 4 aliphatic rings. The van der Waals surface area contributed by atoms with E-state index < -0.39 is 0 Å². The van der Waals surface area contributed by atoms with Crippen molar-refractivity contribution in [3.05, 3.63) is 24.3 Å². The zero-order chi connectivity index (χ0) is 28.5. The molecule has 0 heterocycles. The fourth-order valence-corrected chi connectivity index (χ4v) is 7.85. The van der Waals surface area contributed by atoms with Gasteiger partial charge in [0.25, 0.3) is 0 Å². The van der Waals surface area contributed by atoms with Gasteiger partial charge in [-0.25, -0.2) is 9.59 Å². The van der Waals surface area contributed by atoms with Gasteiger partial charge in [-0.15, -0.1) is 0 Å². The second-order valence-electron chi connectivity index (χ2n) is 13.3. The Balaban J connectivity index is 0.000000211. The van der Waals surface area contributed by atoms with Crippen LogP contribution in [0.5, 0.6) is 0 Å². The lowest BCUT2D eigenvalue weighted by atomic mass is 9.64. The van der Waals surface area contributed by atoms with Crippen LogP contribution in [0.1, 0.15) is 105 Å². The number of hydrogen-bond donors (Lipinski definition) is 0. The van der Waals surface area contributed by atoms with Crippen LogP contribution in [-0.2, 0) is 28.7 Å². The average Bonchev–Trinajstić information content (AvgIpc) is 3.32. The number of carbonyl (C=O) groups excluding carboxylic acids is 4. The number of rotatable bonds is 4. The molecule has 0 aromatic heterocycles. The van der Waals surface area contributed by atoms with E-state index >= 15 is 0 Å². The fourth-order valence-electron chi connectivity index (χ4n) is 7.85. The number of ether oxygens (including phenoxy) is 2. The van der Waals surface area contributed by atoms with Crippen LogP contribution < -0.4 is 0 Å². The number of Topliss-reactive ketones (excluding diaryl/α,β-unsaturated/α-hetero) is 2. The summed E-state index contributed by atoms with van der Waals surface area (Å²) in [6.45, 7) is 16.4. The van der Waals surface area contributed by atoms with E-state index in [2.05, 4.69) is 40.9 Å². The van der Waals surface area contributed by atoms with Gasteiger partial charge in [0.2, 0.25) is 0 Å². The molecule has 4 fully saturated rings. The van der Waals surface area contributed by atoms with Crippen molar-refractivity contribution in [1.29, 1.82) is 0 Å². The third-order valence-electron chi connectivity index (χ3n) is 11.5. The number of hydrogen-bond acceptors (Lipinski definition) is 6. The van der Waals surface area contributed by atoms with Crippen LogP contribution >= 0.6 is 0 Å². The molecular weight excluding hydrogens is 480 g/mol. The molecule has 6 atom stereocenters. The van der Waals surface area contributed by atoms with E-state index in [4.69, 9.17) is 9.47 Å². The first-order valence-electron chi connectivity index (χ1n) is 14.3. The third kappa shape index (κ3) is 5.16. The Hall–Kier alpha value is -2.24. The molecule has 4 rings (SSSR count). The average molecular weight is 529 g/mol. The standard InChI is InChI=1S/2C16H24O3/c2*1-11(14(18)19-4)12-6-9-15(2)7-5-8-16(15,3)13(17)10-12/h2*12H,1,5-10H2,2-4H3/t2*12-,15-,16+/m11/s1. The molecule has 0 unspecified atom stereocenters. The minimum absolute atomic E-state index is 0.0424. The van der Waals surface area contributed by atoms with Gasteiger partial charge in [0.1, 0.15) is 11.6 Å². The van der Waals surface area contributed by atoms with Crippen molar-refractivity contribution in [3.8, 4) is 0 Å². The van der Waals surface area contributed by atoms with Gasteiger partial charge in [-0.2, -0.15) is 0 Å². The van der Waals surface area contributed by atoms with Gasteiger partial charge in [-0.1, -0.05) is 53.7 Å². The lowest BCUT2D eigenvalue weighted by Crippen LogP contribution is -2.38. The molecule has 212 valence electrons. The largest absolute Gasteiger partial charge is 0.466 e. The lowest BCUT2D eigenvalue weighted by molar-refractivity contribution is -0.138. The quantitative estimate of drug-likeness (QED) is 0.303. The summed E-state index contributed by atoms with van der Waals surface area (Å²) in [6.07, 6.45) is 11.1. The van der Waals surface area contributed by atoms with Crippen LogP contribution in [-0.4, -0.2) is 37.7 Å². The molecule has 4 saturated carbocycles. The van der Waals surface area contributed by atoms with Gasteiger partial charge < -0.3 is 9.47 Å². The Morgan fingerprint density at radius 1 is 0.658 bits per heavy atom. The highest BCUT2D eigenvalue weighted by molar-refractivity contribution is 5.92. The molecule has 0 N–H and O–H groups in total. The van der Waals surface area contributed by atoms with Gasteiger partial charge in [-0.05, 0) is 74.0 Å². The van der Waals surface area contributed by atoms with Crippen molar-refractivity contribution in [2.45, 2.75) is 105 Å². The second-order valence-corrected chi connectivity index (χ2v) is 13.3. The molecule has 0 amide bonds. The van der Waals surface area contributed by atoms with E-state index in [0.717, 1.165) is 64.2 Å². The Morgan fingerprint density at radius 3 is 1.32 bits per heavy atom. The van der Waals surface area contributed by atoms with Crippen LogP contribution in [0.3, 0.4) is 0 Å². The molecule has 38 heavy (non-hydrogen) atoms. The van der Waals surface area contributed by atoms with Crippen molar-refractivity contribution in [3.63, 3.8) is 0 Å². The predicted octanol–water partition coefficient (Wildman–Crippen LogP) is 6.56. The zero-order valence-corrected chi connectivity index (χ0v) is 24.5. The summed E-state index contributed by atoms with van der Waals surface area (Å²) < 4.78 is 9.47. The Morgan fingerprint density at radius 2 is 1.00 bits per heavy atom. The van der Waals surface area contributed by atoms with Crippen LogP contribution in [0.15, 0.2) is 24.3 Å². The monoisotopic (exact) mass is 528 g/mol. The molecule has 0 saturated heterocycles. The molecular formula is C32H48O6. The molecule has 6 heteroatoms. The Bertz CT molecular complexity index is 931. The van der Waals surface area contributed by atoms with E-state index in [-0.39, 0.29) is 45.4 Å². The van der Waals surface area contributed by atoms with Gasteiger partial charge >= 0.3 is 11.9 Å². The molecule has 0 spiro atoms. The third-order valence-corrected chi connectivity index (χ3v) is 11.5. The van der Waals surface area contributed by atoms with Gasteiger partial charge in [0.15, 0.2) is 0 Å². The maximum atomic E-state index is 12.7. The zero-order valence-electron chi connectivity index (χ0n) is 24.5. The van der Waals surface area contributed by atoms with Crippen LogP contribution in [0, 0.1) is 33.5 Å². The molecule has 4 aliphatic carbocycles. The van der Waals surface area contributed by atoms with E-state index in [1.54, 1.807) is 0 Å². The van der Waals surface area contributed by atoms with Gasteiger partial charge in [-0.3, -0.25) is 9.59 Å². The van der Waals surface area contributed by atoms with Crippen LogP contribution in [0.2, 0.25) is 0 Å². The van der Waals surface area contributed by atoms with Crippen molar-refractivity contribution >= 4 is 23.5 Å². The highest BCUT2D eigenvalue weighted by atomic mass is 16.5.